The Morgan fingerprint density at radius 1 is 0.955 bits per heavy atom. The molecule has 1 atom stereocenters. The van der Waals surface area contributed by atoms with E-state index < -0.39 is 0 Å². The van der Waals surface area contributed by atoms with Crippen LogP contribution in [0.2, 0.25) is 0 Å². The van der Waals surface area contributed by atoms with E-state index in [1.165, 1.54) is 64.2 Å². The molecule has 0 aliphatic carbocycles. The van der Waals surface area contributed by atoms with Gasteiger partial charge in [0.05, 0.1) is 6.07 Å². The quantitative estimate of drug-likeness (QED) is 0.253. The van der Waals surface area contributed by atoms with Gasteiger partial charge in [-0.3, -0.25) is 0 Å². The van der Waals surface area contributed by atoms with Crippen molar-refractivity contribution in [3.63, 3.8) is 0 Å². The second-order valence-corrected chi connectivity index (χ2v) is 9.88. The Kier molecular flexibility index (Phi) is 15.0. The van der Waals surface area contributed by atoms with Gasteiger partial charge in [-0.05, 0) is 25.5 Å². The number of rotatable bonds is 13. The first kappa shape index (κ1) is 22.3. The Balaban J connectivity index is 3.39. The predicted octanol–water partition coefficient (Wildman–Crippen LogP) is 7.35. The minimum atomic E-state index is -0.345. The topological polar surface area (TPSA) is 23.8 Å². The summed E-state index contributed by atoms with van der Waals surface area (Å²) < 4.78 is 0.587. The van der Waals surface area contributed by atoms with E-state index in [1.807, 2.05) is 13.8 Å². The van der Waals surface area contributed by atoms with Gasteiger partial charge in [0.2, 0.25) is 0 Å². The van der Waals surface area contributed by atoms with Gasteiger partial charge in [-0.25, -0.2) is 0 Å². The third kappa shape index (κ3) is 12.8. The highest BCUT2D eigenvalue weighted by Crippen LogP contribution is 2.33. The summed E-state index contributed by atoms with van der Waals surface area (Å²) in [5.41, 5.74) is 0. The van der Waals surface area contributed by atoms with E-state index in [4.69, 9.17) is 17.5 Å². The van der Waals surface area contributed by atoms with Crippen LogP contribution in [0.5, 0.6) is 0 Å². The molecule has 0 saturated heterocycles. The lowest BCUT2D eigenvalue weighted by molar-refractivity contribution is 0.563. The van der Waals surface area contributed by atoms with E-state index in [2.05, 4.69) is 13.0 Å². The summed E-state index contributed by atoms with van der Waals surface area (Å²) in [4.78, 5) is 0. The first-order valence-corrected chi connectivity index (χ1v) is 11.1. The van der Waals surface area contributed by atoms with Gasteiger partial charge < -0.3 is 0 Å². The van der Waals surface area contributed by atoms with Gasteiger partial charge in [0.1, 0.15) is 8.28 Å². The van der Waals surface area contributed by atoms with Crippen molar-refractivity contribution in [3.8, 4) is 6.07 Å². The molecule has 0 N–H and O–H groups in total. The molecule has 4 heteroatoms. The number of hydrogen-bond donors (Lipinski definition) is 0. The third-order valence-corrected chi connectivity index (χ3v) is 6.87. The fourth-order valence-corrected chi connectivity index (χ4v) is 5.04. The monoisotopic (exact) mass is 359 g/mol. The van der Waals surface area contributed by atoms with E-state index in [-0.39, 0.29) is 4.75 Å². The third-order valence-electron chi connectivity index (χ3n) is 3.94. The van der Waals surface area contributed by atoms with Crippen molar-refractivity contribution in [2.75, 3.05) is 5.75 Å². The summed E-state index contributed by atoms with van der Waals surface area (Å²) in [6.45, 7) is 6.29. The second kappa shape index (κ2) is 14.8. The number of hydrogen-bond acceptors (Lipinski definition) is 4. The zero-order valence-electron chi connectivity index (χ0n) is 14.7. The molecule has 0 aliphatic heterocycles. The predicted molar refractivity (Wildman–Crippen MR) is 109 cm³/mol. The molecule has 0 rings (SSSR count). The molecule has 1 unspecified atom stereocenters. The van der Waals surface area contributed by atoms with Crippen LogP contribution in [0.4, 0.5) is 0 Å². The first-order valence-electron chi connectivity index (χ1n) is 8.85. The number of nitriles is 1. The summed E-state index contributed by atoms with van der Waals surface area (Å²) in [5.74, 6) is 1.10. The molecule has 0 amide bonds. The summed E-state index contributed by atoms with van der Waals surface area (Å²) >= 11 is 8.70. The van der Waals surface area contributed by atoms with Crippen LogP contribution in [0.1, 0.15) is 91.4 Å². The number of thioether (sulfide) groups is 2. The van der Waals surface area contributed by atoms with Crippen LogP contribution in [0, 0.1) is 11.3 Å². The molecular weight excluding hydrogens is 326 g/mol. The molecule has 1 nitrogen and oxygen atoms in total. The molecular formula is C18H33NS3. The van der Waals surface area contributed by atoms with E-state index in [0.717, 1.165) is 15.7 Å². The summed E-state index contributed by atoms with van der Waals surface area (Å²) in [5, 5.41) is 9.15. The fourth-order valence-electron chi connectivity index (χ4n) is 2.13. The lowest BCUT2D eigenvalue weighted by Gasteiger charge is -2.18. The van der Waals surface area contributed by atoms with Crippen LogP contribution in [-0.2, 0) is 0 Å². The zero-order valence-corrected chi connectivity index (χ0v) is 17.1. The molecule has 0 radical (unpaired) electrons. The Hall–Kier alpha value is 0.280. The average molecular weight is 360 g/mol. The van der Waals surface area contributed by atoms with Crippen molar-refractivity contribution >= 4 is 39.3 Å². The van der Waals surface area contributed by atoms with Crippen molar-refractivity contribution in [1.82, 2.24) is 0 Å². The maximum Gasteiger partial charge on any atom is 0.105 e. The number of unbranched alkanes of at least 4 members (excludes halogenated alkanes) is 9. The Morgan fingerprint density at radius 2 is 1.45 bits per heavy atom. The van der Waals surface area contributed by atoms with Gasteiger partial charge in [-0.15, -0.1) is 11.8 Å². The van der Waals surface area contributed by atoms with Gasteiger partial charge in [0.15, 0.2) is 0 Å². The smallest absolute Gasteiger partial charge is 0.105 e. The van der Waals surface area contributed by atoms with Gasteiger partial charge in [0.25, 0.3) is 0 Å². The van der Waals surface area contributed by atoms with Crippen LogP contribution in [0.15, 0.2) is 0 Å². The fraction of sp³-hybridized carbons (Fsp3) is 0.889. The molecule has 0 aromatic heterocycles. The zero-order chi connectivity index (χ0) is 16.7. The highest BCUT2D eigenvalue weighted by Gasteiger charge is 2.24. The minimum Gasteiger partial charge on any atom is -0.197 e. The highest BCUT2D eigenvalue weighted by molar-refractivity contribution is 8.47. The largest absolute Gasteiger partial charge is 0.197 e. The average Bonchev–Trinajstić information content (AvgIpc) is 2.52. The molecule has 0 aromatic carbocycles. The SMILES string of the molecule is CCCCCCCCCCCCSC(=S)SC(C)(C#N)CC. The van der Waals surface area contributed by atoms with Crippen LogP contribution < -0.4 is 0 Å². The van der Waals surface area contributed by atoms with Crippen LogP contribution in [0.25, 0.3) is 0 Å². The lowest BCUT2D eigenvalue weighted by atomic mass is 10.1. The van der Waals surface area contributed by atoms with E-state index in [9.17, 15) is 0 Å². The van der Waals surface area contributed by atoms with Gasteiger partial charge in [-0.2, -0.15) is 5.26 Å². The number of thiocarbonyl (C=S) groups is 1. The Bertz CT molecular complexity index is 325. The second-order valence-electron chi connectivity index (χ2n) is 6.08. The van der Waals surface area contributed by atoms with Crippen LogP contribution in [-0.4, -0.2) is 14.0 Å². The molecule has 128 valence electrons. The van der Waals surface area contributed by atoms with Crippen molar-refractivity contribution < 1.29 is 0 Å². The van der Waals surface area contributed by atoms with Crippen LogP contribution >= 0.6 is 35.7 Å². The minimum absolute atomic E-state index is 0.345. The normalized spacial score (nSPS) is 13.5. The molecule has 0 spiro atoms. The summed E-state index contributed by atoms with van der Waals surface area (Å²) in [6, 6.07) is 2.36. The molecule has 0 fully saturated rings. The molecule has 0 heterocycles. The van der Waals surface area contributed by atoms with Crippen molar-refractivity contribution in [2.45, 2.75) is 96.1 Å². The maximum atomic E-state index is 9.15. The van der Waals surface area contributed by atoms with Crippen molar-refractivity contribution in [2.24, 2.45) is 0 Å². The molecule has 22 heavy (non-hydrogen) atoms. The lowest BCUT2D eigenvalue weighted by Crippen LogP contribution is -2.16. The van der Waals surface area contributed by atoms with Gasteiger partial charge in [0, 0.05) is 0 Å². The maximum absolute atomic E-state index is 9.15. The highest BCUT2D eigenvalue weighted by atomic mass is 32.2. The number of nitrogens with zero attached hydrogens (tertiary/aromatic N) is 1. The van der Waals surface area contributed by atoms with E-state index in [1.54, 1.807) is 23.5 Å². The van der Waals surface area contributed by atoms with E-state index in [0.29, 0.717) is 0 Å². The summed E-state index contributed by atoms with van der Waals surface area (Å²) in [6.07, 6.45) is 14.6. The Labute approximate surface area is 152 Å². The van der Waals surface area contributed by atoms with Crippen molar-refractivity contribution in [3.05, 3.63) is 0 Å². The van der Waals surface area contributed by atoms with E-state index >= 15 is 0 Å². The molecule has 0 aromatic rings. The Morgan fingerprint density at radius 3 is 1.91 bits per heavy atom. The van der Waals surface area contributed by atoms with Crippen molar-refractivity contribution in [1.29, 1.82) is 5.26 Å². The first-order chi connectivity index (χ1) is 10.6. The molecule has 0 saturated carbocycles. The molecule has 0 bridgehead atoms. The van der Waals surface area contributed by atoms with Crippen LogP contribution in [0.3, 0.4) is 0 Å². The van der Waals surface area contributed by atoms with Gasteiger partial charge >= 0.3 is 0 Å². The standard InChI is InChI=1S/C18H33NS3/c1-4-6-7-8-9-10-11-12-13-14-15-21-17(20)22-18(3,5-2)16-19/h4-15H2,1-3H3. The molecule has 0 aliphatic rings. The summed E-state index contributed by atoms with van der Waals surface area (Å²) in [7, 11) is 0. The van der Waals surface area contributed by atoms with Gasteiger partial charge in [-0.1, -0.05) is 95.6 Å².